The first-order valence-electron chi connectivity index (χ1n) is 4.24. The largest absolute Gasteiger partial charge is 0.381 e. The molecule has 0 aliphatic heterocycles. The number of hydrogen-bond acceptors (Lipinski definition) is 5. The van der Waals surface area contributed by atoms with Crippen LogP contribution < -0.4 is 11.1 Å². The zero-order chi connectivity index (χ0) is 10.6. The van der Waals surface area contributed by atoms with E-state index in [1.807, 2.05) is 6.92 Å². The van der Waals surface area contributed by atoms with Crippen LogP contribution in [0, 0.1) is 0 Å². The predicted octanol–water partition coefficient (Wildman–Crippen LogP) is 0.238. The second-order valence-corrected chi connectivity index (χ2v) is 4.78. The Hall–Kier alpha value is -1.17. The molecule has 5 nitrogen and oxygen atoms in total. The zero-order valence-corrected chi connectivity index (χ0v) is 9.04. The van der Waals surface area contributed by atoms with Gasteiger partial charge in [0.25, 0.3) is 0 Å². The van der Waals surface area contributed by atoms with Gasteiger partial charge in [0.05, 0.1) is 0 Å². The Labute approximate surface area is 85.6 Å². The van der Waals surface area contributed by atoms with Gasteiger partial charge in [-0.3, -0.25) is 4.21 Å². The number of nitrogen functional groups attached to an aromatic ring is 1. The van der Waals surface area contributed by atoms with Crippen molar-refractivity contribution < 1.29 is 4.21 Å². The van der Waals surface area contributed by atoms with Gasteiger partial charge in [0.2, 0.25) is 0 Å². The van der Waals surface area contributed by atoms with Crippen LogP contribution >= 0.6 is 0 Å². The van der Waals surface area contributed by atoms with Crippen molar-refractivity contribution in [1.29, 1.82) is 0 Å². The minimum Gasteiger partial charge on any atom is -0.381 e. The van der Waals surface area contributed by atoms with Crippen LogP contribution in [0.15, 0.2) is 12.4 Å². The number of anilines is 2. The molecule has 1 rings (SSSR count). The fourth-order valence-electron chi connectivity index (χ4n) is 0.843. The maximum absolute atomic E-state index is 11.1. The molecule has 1 aromatic heterocycles. The highest BCUT2D eigenvalue weighted by Gasteiger charge is 2.07. The van der Waals surface area contributed by atoms with Gasteiger partial charge in [-0.2, -0.15) is 0 Å². The molecule has 0 fully saturated rings. The van der Waals surface area contributed by atoms with E-state index in [1.165, 1.54) is 6.20 Å². The second-order valence-electron chi connectivity index (χ2n) is 2.98. The van der Waals surface area contributed by atoms with Gasteiger partial charge in [0.15, 0.2) is 11.6 Å². The van der Waals surface area contributed by atoms with Crippen molar-refractivity contribution in [2.24, 2.45) is 0 Å². The molecule has 0 aromatic carbocycles. The zero-order valence-electron chi connectivity index (χ0n) is 8.23. The van der Waals surface area contributed by atoms with Gasteiger partial charge < -0.3 is 11.1 Å². The third-order valence-corrected chi connectivity index (χ3v) is 3.15. The topological polar surface area (TPSA) is 80.9 Å². The summed E-state index contributed by atoms with van der Waals surface area (Å²) >= 11 is 0. The molecule has 14 heavy (non-hydrogen) atoms. The van der Waals surface area contributed by atoms with Gasteiger partial charge >= 0.3 is 0 Å². The van der Waals surface area contributed by atoms with Crippen LogP contribution in [0.25, 0.3) is 0 Å². The number of nitrogens with zero attached hydrogens (tertiary/aromatic N) is 2. The van der Waals surface area contributed by atoms with E-state index in [0.29, 0.717) is 18.2 Å². The molecule has 3 N–H and O–H groups in total. The molecule has 0 spiro atoms. The molecule has 1 heterocycles. The monoisotopic (exact) mass is 214 g/mol. The van der Waals surface area contributed by atoms with E-state index in [2.05, 4.69) is 15.3 Å². The number of aromatic nitrogens is 2. The molecule has 6 heteroatoms. The lowest BCUT2D eigenvalue weighted by Crippen LogP contribution is -2.21. The predicted molar refractivity (Wildman–Crippen MR) is 58.5 cm³/mol. The van der Waals surface area contributed by atoms with E-state index >= 15 is 0 Å². The molecule has 2 unspecified atom stereocenters. The number of hydrogen-bond donors (Lipinski definition) is 2. The summed E-state index contributed by atoms with van der Waals surface area (Å²) < 4.78 is 11.1. The molecular formula is C8H14N4OS. The summed E-state index contributed by atoms with van der Waals surface area (Å²) in [6, 6.07) is 0. The molecular weight excluding hydrogens is 200 g/mol. The van der Waals surface area contributed by atoms with E-state index in [1.54, 1.807) is 12.5 Å². The van der Waals surface area contributed by atoms with Crippen LogP contribution in [-0.2, 0) is 10.8 Å². The summed E-state index contributed by atoms with van der Waals surface area (Å²) in [6.45, 7) is 2.47. The Morgan fingerprint density at radius 1 is 1.57 bits per heavy atom. The SMILES string of the molecule is CC(CNc1nccnc1N)S(C)=O. The van der Waals surface area contributed by atoms with Crippen molar-refractivity contribution in [2.75, 3.05) is 23.9 Å². The molecule has 1 aromatic rings. The van der Waals surface area contributed by atoms with Crippen LogP contribution in [-0.4, -0.2) is 32.2 Å². The van der Waals surface area contributed by atoms with E-state index in [9.17, 15) is 4.21 Å². The van der Waals surface area contributed by atoms with Gasteiger partial charge in [-0.15, -0.1) is 0 Å². The van der Waals surface area contributed by atoms with Crippen LogP contribution in [0.2, 0.25) is 0 Å². The Bertz CT molecular complexity index is 331. The second kappa shape index (κ2) is 4.90. The van der Waals surface area contributed by atoms with Crippen molar-refractivity contribution in [3.63, 3.8) is 0 Å². The van der Waals surface area contributed by atoms with Crippen LogP contribution in [0.3, 0.4) is 0 Å². The highest BCUT2D eigenvalue weighted by molar-refractivity contribution is 7.84. The quantitative estimate of drug-likeness (QED) is 0.750. The van der Waals surface area contributed by atoms with E-state index in [0.717, 1.165) is 0 Å². The van der Waals surface area contributed by atoms with Crippen molar-refractivity contribution >= 4 is 22.4 Å². The molecule has 0 aliphatic carbocycles. The molecule has 0 aliphatic rings. The van der Waals surface area contributed by atoms with E-state index < -0.39 is 10.8 Å². The molecule has 0 radical (unpaired) electrons. The Morgan fingerprint density at radius 2 is 2.21 bits per heavy atom. The Balaban J connectivity index is 2.54. The maximum Gasteiger partial charge on any atom is 0.168 e. The molecule has 0 saturated carbocycles. The summed E-state index contributed by atoms with van der Waals surface area (Å²) in [5, 5.41) is 3.07. The van der Waals surface area contributed by atoms with E-state index in [-0.39, 0.29) is 5.25 Å². The minimum absolute atomic E-state index is 0.0661. The van der Waals surface area contributed by atoms with Gasteiger partial charge in [-0.25, -0.2) is 9.97 Å². The summed E-state index contributed by atoms with van der Waals surface area (Å²) in [6.07, 6.45) is 4.76. The molecule has 2 atom stereocenters. The molecule has 78 valence electrons. The maximum atomic E-state index is 11.1. The summed E-state index contributed by atoms with van der Waals surface area (Å²) in [4.78, 5) is 7.89. The Kier molecular flexibility index (Phi) is 3.82. The standard InChI is InChI=1S/C8H14N4OS/c1-6(14(2)13)5-12-8-7(9)10-3-4-11-8/h3-4,6H,5H2,1-2H3,(H2,9,10)(H,11,12). The van der Waals surface area contributed by atoms with Crippen molar-refractivity contribution in [2.45, 2.75) is 12.2 Å². The number of rotatable bonds is 4. The van der Waals surface area contributed by atoms with E-state index in [4.69, 9.17) is 5.73 Å². The number of nitrogens with one attached hydrogen (secondary N) is 1. The first-order chi connectivity index (χ1) is 6.61. The van der Waals surface area contributed by atoms with Crippen LogP contribution in [0.5, 0.6) is 0 Å². The highest BCUT2D eigenvalue weighted by Crippen LogP contribution is 2.09. The van der Waals surface area contributed by atoms with Crippen molar-refractivity contribution in [1.82, 2.24) is 9.97 Å². The average molecular weight is 214 g/mol. The normalized spacial score (nSPS) is 14.7. The lowest BCUT2D eigenvalue weighted by Gasteiger charge is -2.10. The summed E-state index contributed by atoms with van der Waals surface area (Å²) in [7, 11) is -0.842. The fraction of sp³-hybridized carbons (Fsp3) is 0.500. The van der Waals surface area contributed by atoms with Crippen LogP contribution in [0.1, 0.15) is 6.92 Å². The van der Waals surface area contributed by atoms with Gasteiger partial charge in [-0.05, 0) is 6.92 Å². The van der Waals surface area contributed by atoms with Gasteiger partial charge in [0, 0.05) is 41.2 Å². The number of nitrogens with two attached hydrogens (primary N) is 1. The highest BCUT2D eigenvalue weighted by atomic mass is 32.2. The summed E-state index contributed by atoms with van der Waals surface area (Å²) in [5.74, 6) is 0.909. The molecule has 0 amide bonds. The third-order valence-electron chi connectivity index (χ3n) is 1.85. The molecule has 0 bridgehead atoms. The smallest absolute Gasteiger partial charge is 0.168 e. The Morgan fingerprint density at radius 3 is 2.79 bits per heavy atom. The lowest BCUT2D eigenvalue weighted by molar-refractivity contribution is 0.679. The third kappa shape index (κ3) is 2.95. The first kappa shape index (κ1) is 10.9. The van der Waals surface area contributed by atoms with Crippen molar-refractivity contribution in [3.8, 4) is 0 Å². The summed E-state index contributed by atoms with van der Waals surface area (Å²) in [5.41, 5.74) is 5.57. The average Bonchev–Trinajstić information content (AvgIpc) is 2.16. The minimum atomic E-state index is -0.842. The first-order valence-corrected chi connectivity index (χ1v) is 5.86. The lowest BCUT2D eigenvalue weighted by atomic mass is 10.4. The van der Waals surface area contributed by atoms with Crippen molar-refractivity contribution in [3.05, 3.63) is 12.4 Å². The fourth-order valence-corrected chi connectivity index (χ4v) is 1.16. The van der Waals surface area contributed by atoms with Gasteiger partial charge in [-0.1, -0.05) is 0 Å². The van der Waals surface area contributed by atoms with Crippen LogP contribution in [0.4, 0.5) is 11.6 Å². The molecule has 0 saturated heterocycles. The van der Waals surface area contributed by atoms with Gasteiger partial charge in [0.1, 0.15) is 0 Å².